The number of nitrogens with one attached hydrogen (secondary N) is 1. The van der Waals surface area contributed by atoms with Crippen LogP contribution in [0.25, 0.3) is 17.2 Å². The number of methoxy groups -OCH3 is 1. The van der Waals surface area contributed by atoms with Crippen molar-refractivity contribution in [1.29, 1.82) is 0 Å². The molecule has 2 aliphatic rings. The number of thioether (sulfide) groups is 1. The number of hydrogen-bond acceptors (Lipinski definition) is 7. The minimum atomic E-state index is -1.18. The van der Waals surface area contributed by atoms with Crippen LogP contribution in [-0.2, 0) is 43.2 Å². The van der Waals surface area contributed by atoms with Gasteiger partial charge in [0.2, 0.25) is 5.91 Å². The monoisotopic (exact) mass is 586 g/mol. The van der Waals surface area contributed by atoms with E-state index in [0.717, 1.165) is 45.1 Å². The van der Waals surface area contributed by atoms with E-state index in [1.165, 1.54) is 0 Å². The number of benzene rings is 3. The van der Waals surface area contributed by atoms with E-state index in [4.69, 9.17) is 14.2 Å². The van der Waals surface area contributed by atoms with Crippen LogP contribution >= 0.6 is 11.8 Å². The van der Waals surface area contributed by atoms with Gasteiger partial charge in [-0.3, -0.25) is 19.7 Å². The SMILES string of the molecule is COCCOCOC1(C(=O)N(C)Cc2cccc(-c3ccc(CC4SC(=O)NC4=O)cc3)c2)C=Cc2ccccc2C1. The fraction of sp³-hybridized carbons (Fsp3) is 0.303. The quantitative estimate of drug-likeness (QED) is 0.240. The van der Waals surface area contributed by atoms with Gasteiger partial charge in [-0.05, 0) is 51.9 Å². The Balaban J connectivity index is 1.27. The highest BCUT2D eigenvalue weighted by Gasteiger charge is 2.41. The fourth-order valence-electron chi connectivity index (χ4n) is 5.17. The van der Waals surface area contributed by atoms with Crippen molar-refractivity contribution in [2.45, 2.75) is 30.2 Å². The van der Waals surface area contributed by atoms with Crippen molar-refractivity contribution in [1.82, 2.24) is 10.2 Å². The molecule has 2 atom stereocenters. The number of amides is 3. The van der Waals surface area contributed by atoms with Crippen LogP contribution < -0.4 is 5.32 Å². The number of ether oxygens (including phenoxy) is 3. The van der Waals surface area contributed by atoms with E-state index < -0.39 is 10.9 Å². The summed E-state index contributed by atoms with van der Waals surface area (Å²) in [4.78, 5) is 39.0. The second-order valence-electron chi connectivity index (χ2n) is 10.4. The standard InChI is InChI=1S/C33H34N2O6S/c1-35(31(37)33(41-22-40-17-16-39-2)15-14-25-7-3-4-8-28(25)20-33)21-24-6-5-9-27(18-24)26-12-10-23(11-13-26)19-29-30(36)34-32(38)42-29/h3-15,18,29H,16-17,19-22H2,1-2H3,(H,34,36,38). The maximum atomic E-state index is 14.0. The molecule has 0 saturated carbocycles. The molecule has 42 heavy (non-hydrogen) atoms. The van der Waals surface area contributed by atoms with Gasteiger partial charge in [-0.25, -0.2) is 0 Å². The fourth-order valence-corrected chi connectivity index (χ4v) is 6.03. The molecule has 0 radical (unpaired) electrons. The van der Waals surface area contributed by atoms with Crippen molar-refractivity contribution in [2.75, 3.05) is 34.2 Å². The van der Waals surface area contributed by atoms with Crippen LogP contribution in [0.3, 0.4) is 0 Å². The highest BCUT2D eigenvalue weighted by Crippen LogP contribution is 2.31. The minimum Gasteiger partial charge on any atom is -0.382 e. The molecule has 3 aromatic rings. The van der Waals surface area contributed by atoms with Crippen LogP contribution in [0.15, 0.2) is 78.9 Å². The average Bonchev–Trinajstić information content (AvgIpc) is 3.32. The third-order valence-corrected chi connectivity index (χ3v) is 8.38. The van der Waals surface area contributed by atoms with E-state index in [2.05, 4.69) is 11.4 Å². The van der Waals surface area contributed by atoms with Crippen LogP contribution in [0.5, 0.6) is 0 Å². The molecule has 8 nitrogen and oxygen atoms in total. The van der Waals surface area contributed by atoms with Gasteiger partial charge in [0.25, 0.3) is 11.1 Å². The number of hydrogen-bond donors (Lipinski definition) is 1. The number of rotatable bonds is 12. The lowest BCUT2D eigenvalue weighted by atomic mass is 9.84. The summed E-state index contributed by atoms with van der Waals surface area (Å²) in [6.45, 7) is 1.19. The molecular formula is C33H34N2O6S. The lowest BCUT2D eigenvalue weighted by molar-refractivity contribution is -0.169. The largest absolute Gasteiger partial charge is 0.382 e. The van der Waals surface area contributed by atoms with Gasteiger partial charge in [0, 0.05) is 27.1 Å². The summed E-state index contributed by atoms with van der Waals surface area (Å²) in [5.41, 5.74) is 4.95. The number of fused-ring (bicyclic) bond motifs is 1. The van der Waals surface area contributed by atoms with Gasteiger partial charge in [-0.15, -0.1) is 0 Å². The van der Waals surface area contributed by atoms with E-state index in [0.29, 0.717) is 32.6 Å². The van der Waals surface area contributed by atoms with Crippen molar-refractivity contribution in [2.24, 2.45) is 0 Å². The normalized spacial score (nSPS) is 19.4. The molecule has 3 aromatic carbocycles. The van der Waals surface area contributed by atoms with Crippen LogP contribution in [0.2, 0.25) is 0 Å². The zero-order valence-corrected chi connectivity index (χ0v) is 24.5. The molecule has 3 amide bonds. The zero-order chi connectivity index (χ0) is 29.5. The van der Waals surface area contributed by atoms with Crippen LogP contribution in [0, 0.1) is 0 Å². The van der Waals surface area contributed by atoms with E-state index in [9.17, 15) is 14.4 Å². The average molecular weight is 587 g/mol. The van der Waals surface area contributed by atoms with Gasteiger partial charge in [0.15, 0.2) is 5.60 Å². The Morgan fingerprint density at radius 3 is 2.57 bits per heavy atom. The number of carbonyl (C=O) groups excluding carboxylic acids is 3. The van der Waals surface area contributed by atoms with Gasteiger partial charge < -0.3 is 19.1 Å². The molecule has 1 fully saturated rings. The summed E-state index contributed by atoms with van der Waals surface area (Å²) in [5, 5.41) is 1.65. The summed E-state index contributed by atoms with van der Waals surface area (Å²) < 4.78 is 16.8. The van der Waals surface area contributed by atoms with Crippen molar-refractivity contribution in [3.05, 3.63) is 101 Å². The summed E-state index contributed by atoms with van der Waals surface area (Å²) in [7, 11) is 3.40. The third kappa shape index (κ3) is 6.99. The van der Waals surface area contributed by atoms with Gasteiger partial charge >= 0.3 is 0 Å². The first kappa shape index (κ1) is 29.7. The Morgan fingerprint density at radius 2 is 1.81 bits per heavy atom. The summed E-state index contributed by atoms with van der Waals surface area (Å²) in [6, 6.07) is 24.1. The first-order chi connectivity index (χ1) is 20.4. The molecule has 1 N–H and O–H groups in total. The first-order valence-electron chi connectivity index (χ1n) is 13.8. The molecule has 0 aromatic heterocycles. The van der Waals surface area contributed by atoms with Crippen LogP contribution in [0.4, 0.5) is 4.79 Å². The molecule has 1 heterocycles. The molecule has 2 unspecified atom stereocenters. The first-order valence-corrected chi connectivity index (χ1v) is 14.7. The Labute approximate surface area is 250 Å². The van der Waals surface area contributed by atoms with E-state index in [-0.39, 0.29) is 23.8 Å². The maximum Gasteiger partial charge on any atom is 0.286 e. The van der Waals surface area contributed by atoms with Crippen molar-refractivity contribution < 1.29 is 28.6 Å². The molecule has 218 valence electrons. The number of imide groups is 1. The smallest absolute Gasteiger partial charge is 0.286 e. The highest BCUT2D eigenvalue weighted by atomic mass is 32.2. The lowest BCUT2D eigenvalue weighted by Crippen LogP contribution is -2.50. The Morgan fingerprint density at radius 1 is 1.00 bits per heavy atom. The number of likely N-dealkylation sites (N-methyl/N-ethyl adjacent to an activating group) is 1. The molecule has 0 spiro atoms. The van der Waals surface area contributed by atoms with Gasteiger partial charge in [0.05, 0.1) is 18.5 Å². The van der Waals surface area contributed by atoms with Crippen LogP contribution in [-0.4, -0.2) is 67.0 Å². The van der Waals surface area contributed by atoms with Gasteiger partial charge in [0.1, 0.15) is 6.79 Å². The predicted octanol–water partition coefficient (Wildman–Crippen LogP) is 4.85. The van der Waals surface area contributed by atoms with E-state index >= 15 is 0 Å². The number of nitrogens with zero attached hydrogens (tertiary/aromatic N) is 1. The summed E-state index contributed by atoms with van der Waals surface area (Å²) >= 11 is 1.04. The molecule has 0 bridgehead atoms. The van der Waals surface area contributed by atoms with Crippen molar-refractivity contribution >= 4 is 34.9 Å². The molecule has 1 aliphatic carbocycles. The Hall–Kier alpha value is -3.76. The van der Waals surface area contributed by atoms with Gasteiger partial charge in [-0.1, -0.05) is 84.6 Å². The van der Waals surface area contributed by atoms with Crippen LogP contribution in [0.1, 0.15) is 22.3 Å². The second kappa shape index (κ2) is 13.5. The minimum absolute atomic E-state index is 0.0264. The topological polar surface area (TPSA) is 94.2 Å². The van der Waals surface area contributed by atoms with E-state index in [1.54, 1.807) is 19.1 Å². The second-order valence-corrected chi connectivity index (χ2v) is 11.6. The Bertz CT molecular complexity index is 1470. The van der Waals surface area contributed by atoms with Gasteiger partial charge in [-0.2, -0.15) is 0 Å². The van der Waals surface area contributed by atoms with Crippen molar-refractivity contribution in [3.8, 4) is 11.1 Å². The third-order valence-electron chi connectivity index (χ3n) is 7.40. The Kier molecular flexibility index (Phi) is 9.54. The molecule has 9 heteroatoms. The number of carbonyl (C=O) groups is 3. The maximum absolute atomic E-state index is 14.0. The van der Waals surface area contributed by atoms with Crippen molar-refractivity contribution in [3.63, 3.8) is 0 Å². The molecular weight excluding hydrogens is 552 g/mol. The molecule has 1 saturated heterocycles. The predicted molar refractivity (Wildman–Crippen MR) is 163 cm³/mol. The summed E-state index contributed by atoms with van der Waals surface area (Å²) in [5.74, 6) is -0.384. The molecule has 5 rings (SSSR count). The highest BCUT2D eigenvalue weighted by molar-refractivity contribution is 8.15. The van der Waals surface area contributed by atoms with E-state index in [1.807, 2.05) is 78.9 Å². The summed E-state index contributed by atoms with van der Waals surface area (Å²) in [6.07, 6.45) is 4.70. The lowest BCUT2D eigenvalue weighted by Gasteiger charge is -2.36. The molecule has 1 aliphatic heterocycles. The zero-order valence-electron chi connectivity index (χ0n) is 23.7.